The zero-order valence-electron chi connectivity index (χ0n) is 14.0. The van der Waals surface area contributed by atoms with Crippen LogP contribution in [0.4, 0.5) is 4.79 Å². The molecule has 0 saturated carbocycles. The predicted molar refractivity (Wildman–Crippen MR) is 88.2 cm³/mol. The van der Waals surface area contributed by atoms with Crippen LogP contribution in [0, 0.1) is 6.92 Å². The highest BCUT2D eigenvalue weighted by molar-refractivity contribution is 6.00. The minimum absolute atomic E-state index is 0.242. The van der Waals surface area contributed by atoms with Crippen LogP contribution in [0.15, 0.2) is 18.2 Å². The highest BCUT2D eigenvalue weighted by Gasteiger charge is 2.22. The van der Waals surface area contributed by atoms with E-state index >= 15 is 0 Å². The predicted octanol–water partition coefficient (Wildman–Crippen LogP) is 2.46. The summed E-state index contributed by atoms with van der Waals surface area (Å²) < 4.78 is 6.53. The number of benzene rings is 1. The molecular formula is C17H20N2O5. The molecule has 0 atom stereocenters. The van der Waals surface area contributed by atoms with Crippen LogP contribution in [-0.2, 0) is 16.0 Å². The maximum Gasteiger partial charge on any atom is 0.338 e. The van der Waals surface area contributed by atoms with Crippen molar-refractivity contribution < 1.29 is 24.2 Å². The van der Waals surface area contributed by atoms with Gasteiger partial charge in [-0.05, 0) is 45.4 Å². The highest BCUT2D eigenvalue weighted by Crippen LogP contribution is 2.28. The Morgan fingerprint density at radius 3 is 2.38 bits per heavy atom. The number of aromatic nitrogens is 1. The smallest absolute Gasteiger partial charge is 0.338 e. The van der Waals surface area contributed by atoms with Gasteiger partial charge in [0.05, 0.1) is 17.5 Å². The van der Waals surface area contributed by atoms with Gasteiger partial charge in [-0.2, -0.15) is 0 Å². The molecule has 128 valence electrons. The van der Waals surface area contributed by atoms with Crippen molar-refractivity contribution in [3.05, 3.63) is 35.0 Å². The van der Waals surface area contributed by atoms with Gasteiger partial charge in [-0.25, -0.2) is 9.59 Å². The first kappa shape index (κ1) is 17.5. The summed E-state index contributed by atoms with van der Waals surface area (Å²) >= 11 is 0. The second-order valence-corrected chi connectivity index (χ2v) is 6.54. The van der Waals surface area contributed by atoms with Gasteiger partial charge < -0.3 is 15.6 Å². The fourth-order valence-electron chi connectivity index (χ4n) is 2.60. The number of fused-ring (bicyclic) bond motifs is 1. The molecule has 2 aromatic rings. The zero-order chi connectivity index (χ0) is 18.2. The number of esters is 1. The van der Waals surface area contributed by atoms with Crippen LogP contribution < -0.4 is 5.73 Å². The van der Waals surface area contributed by atoms with Crippen molar-refractivity contribution in [3.63, 3.8) is 0 Å². The van der Waals surface area contributed by atoms with Crippen LogP contribution in [-0.4, -0.2) is 33.2 Å². The molecule has 3 N–H and O–H groups in total. The summed E-state index contributed by atoms with van der Waals surface area (Å²) in [6.07, 6.45) is -0.242. The number of aliphatic carboxylic acids is 1. The van der Waals surface area contributed by atoms with E-state index in [4.69, 9.17) is 15.6 Å². The molecule has 1 aromatic heterocycles. The van der Waals surface area contributed by atoms with E-state index in [9.17, 15) is 14.4 Å². The number of carboxylic acids is 1. The number of carbonyl (C=O) groups is 3. The van der Waals surface area contributed by atoms with E-state index in [0.29, 0.717) is 22.2 Å². The minimum atomic E-state index is -1.02. The van der Waals surface area contributed by atoms with Crippen LogP contribution in [0.25, 0.3) is 10.9 Å². The molecule has 0 aliphatic heterocycles. The third kappa shape index (κ3) is 3.40. The molecule has 2 rings (SSSR count). The maximum atomic E-state index is 12.2. The van der Waals surface area contributed by atoms with E-state index in [0.717, 1.165) is 0 Å². The second-order valence-electron chi connectivity index (χ2n) is 6.54. The molecule has 0 saturated heterocycles. The number of hydrogen-bond acceptors (Lipinski definition) is 4. The zero-order valence-corrected chi connectivity index (χ0v) is 14.0. The van der Waals surface area contributed by atoms with Crippen molar-refractivity contribution in [2.45, 2.75) is 39.7 Å². The molecule has 0 aliphatic rings. The van der Waals surface area contributed by atoms with E-state index in [-0.39, 0.29) is 12.0 Å². The fourth-order valence-corrected chi connectivity index (χ4v) is 2.60. The van der Waals surface area contributed by atoms with Gasteiger partial charge in [-0.15, -0.1) is 0 Å². The molecule has 0 spiro atoms. The average molecular weight is 332 g/mol. The van der Waals surface area contributed by atoms with Crippen molar-refractivity contribution in [2.24, 2.45) is 5.73 Å². The first-order chi connectivity index (χ1) is 11.0. The Kier molecular flexibility index (Phi) is 4.38. The fraction of sp³-hybridized carbons (Fsp3) is 0.353. The van der Waals surface area contributed by atoms with Gasteiger partial charge in [0, 0.05) is 11.1 Å². The number of amides is 1. The quantitative estimate of drug-likeness (QED) is 0.839. The van der Waals surface area contributed by atoms with E-state index < -0.39 is 23.6 Å². The Morgan fingerprint density at radius 1 is 1.25 bits per heavy atom. The first-order valence-electron chi connectivity index (χ1n) is 7.40. The molecule has 1 aromatic carbocycles. The minimum Gasteiger partial charge on any atom is -0.481 e. The third-order valence-corrected chi connectivity index (χ3v) is 3.52. The normalized spacial score (nSPS) is 11.5. The summed E-state index contributed by atoms with van der Waals surface area (Å²) in [6, 6.07) is 3.91. The number of nitrogens with two attached hydrogens (primary N) is 1. The molecule has 0 unspecified atom stereocenters. The monoisotopic (exact) mass is 332 g/mol. The highest BCUT2D eigenvalue weighted by atomic mass is 16.6. The molecule has 1 heterocycles. The maximum absolute atomic E-state index is 12.2. The topological polar surface area (TPSA) is 112 Å². The number of ether oxygens (including phenoxy) is 1. The molecule has 7 heteroatoms. The summed E-state index contributed by atoms with van der Waals surface area (Å²) in [4.78, 5) is 35.1. The van der Waals surface area contributed by atoms with Crippen LogP contribution in [0.1, 0.15) is 42.4 Å². The number of nitrogens with zero attached hydrogens (tertiary/aromatic N) is 1. The Morgan fingerprint density at radius 2 is 1.88 bits per heavy atom. The molecule has 0 bridgehead atoms. The molecule has 24 heavy (non-hydrogen) atoms. The van der Waals surface area contributed by atoms with Crippen LogP contribution in [0.5, 0.6) is 0 Å². The summed E-state index contributed by atoms with van der Waals surface area (Å²) in [7, 11) is 0. The van der Waals surface area contributed by atoms with Gasteiger partial charge in [0.15, 0.2) is 0 Å². The molecule has 0 radical (unpaired) electrons. The molecule has 0 fully saturated rings. The largest absolute Gasteiger partial charge is 0.481 e. The Hall–Kier alpha value is -2.83. The lowest BCUT2D eigenvalue weighted by Gasteiger charge is -2.19. The number of carboxylic acid groups (broad SMARTS) is 1. The van der Waals surface area contributed by atoms with Gasteiger partial charge in [-0.3, -0.25) is 9.36 Å². The van der Waals surface area contributed by atoms with Crippen molar-refractivity contribution >= 4 is 28.9 Å². The molecule has 1 amide bonds. The lowest BCUT2D eigenvalue weighted by atomic mass is 10.1. The van der Waals surface area contributed by atoms with Gasteiger partial charge in [0.1, 0.15) is 5.60 Å². The van der Waals surface area contributed by atoms with Crippen LogP contribution in [0.3, 0.4) is 0 Å². The Labute approximate surface area is 139 Å². The summed E-state index contributed by atoms with van der Waals surface area (Å²) in [5, 5.41) is 9.64. The van der Waals surface area contributed by atoms with E-state index in [2.05, 4.69) is 0 Å². The van der Waals surface area contributed by atoms with Crippen LogP contribution >= 0.6 is 0 Å². The lowest BCUT2D eigenvalue weighted by molar-refractivity contribution is -0.136. The van der Waals surface area contributed by atoms with Gasteiger partial charge in [0.25, 0.3) is 0 Å². The third-order valence-electron chi connectivity index (χ3n) is 3.52. The van der Waals surface area contributed by atoms with Gasteiger partial charge in [-0.1, -0.05) is 6.07 Å². The SMILES string of the molecule is Cc1c(CC(=O)O)c2ccc(C(=O)OC(C)(C)C)cc2n1C(N)=O. The van der Waals surface area contributed by atoms with E-state index in [1.165, 1.54) is 10.6 Å². The average Bonchev–Trinajstić information content (AvgIpc) is 2.68. The lowest BCUT2D eigenvalue weighted by Crippen LogP contribution is -2.24. The first-order valence-corrected chi connectivity index (χ1v) is 7.40. The Balaban J connectivity index is 2.63. The standard InChI is InChI=1S/C17H20N2O5/c1-9-12(8-14(20)21)11-6-5-10(15(22)24-17(2,3)4)7-13(11)19(9)16(18)23/h5-7H,8H2,1-4H3,(H2,18,23)(H,20,21). The van der Waals surface area contributed by atoms with Crippen molar-refractivity contribution in [1.29, 1.82) is 0 Å². The van der Waals surface area contributed by atoms with E-state index in [1.54, 1.807) is 39.8 Å². The van der Waals surface area contributed by atoms with E-state index in [1.807, 2.05) is 0 Å². The molecular weight excluding hydrogens is 312 g/mol. The van der Waals surface area contributed by atoms with Gasteiger partial charge in [0.2, 0.25) is 0 Å². The molecule has 0 aliphatic carbocycles. The number of hydrogen-bond donors (Lipinski definition) is 2. The second kappa shape index (κ2) is 5.99. The number of carbonyl (C=O) groups excluding carboxylic acids is 2. The van der Waals surface area contributed by atoms with Crippen molar-refractivity contribution in [2.75, 3.05) is 0 Å². The number of primary amides is 1. The van der Waals surface area contributed by atoms with Crippen LogP contribution in [0.2, 0.25) is 0 Å². The molecule has 7 nitrogen and oxygen atoms in total. The summed E-state index contributed by atoms with van der Waals surface area (Å²) in [5.41, 5.74) is 6.35. The number of rotatable bonds is 3. The Bertz CT molecular complexity index is 843. The van der Waals surface area contributed by atoms with Gasteiger partial charge >= 0.3 is 18.0 Å². The van der Waals surface area contributed by atoms with Crippen molar-refractivity contribution in [3.8, 4) is 0 Å². The summed E-state index contributed by atoms with van der Waals surface area (Å²) in [5.74, 6) is -1.54. The van der Waals surface area contributed by atoms with Crippen molar-refractivity contribution in [1.82, 2.24) is 4.57 Å². The summed E-state index contributed by atoms with van der Waals surface area (Å²) in [6.45, 7) is 6.89.